The first kappa shape index (κ1) is 10.2. The summed E-state index contributed by atoms with van der Waals surface area (Å²) in [4.78, 5) is 4.11. The summed E-state index contributed by atoms with van der Waals surface area (Å²) >= 11 is 0. The molecule has 1 N–H and O–H groups in total. The van der Waals surface area contributed by atoms with Crippen molar-refractivity contribution in [3.05, 3.63) is 29.6 Å². The largest absolute Gasteiger partial charge is 0.383 e. The molecule has 3 nitrogen and oxygen atoms in total. The Morgan fingerprint density at radius 1 is 1.46 bits per heavy atom. The highest BCUT2D eigenvalue weighted by Crippen LogP contribution is 1.99. The van der Waals surface area contributed by atoms with E-state index in [0.717, 1.165) is 19.7 Å². The fraction of sp³-hybridized carbons (Fsp3) is 0.500. The molecule has 0 amide bonds. The third-order valence-corrected chi connectivity index (χ3v) is 1.74. The van der Waals surface area contributed by atoms with E-state index in [-0.39, 0.29) is 0 Å². The zero-order valence-corrected chi connectivity index (χ0v) is 8.21. The molecule has 0 atom stereocenters. The molecular formula is C10H16N2O. The fourth-order valence-electron chi connectivity index (χ4n) is 1.12. The summed E-state index contributed by atoms with van der Waals surface area (Å²) in [5.74, 6) is 0. The van der Waals surface area contributed by atoms with Gasteiger partial charge >= 0.3 is 0 Å². The highest BCUT2D eigenvalue weighted by molar-refractivity contribution is 5.16. The highest BCUT2D eigenvalue weighted by Gasteiger charge is 1.92. The van der Waals surface area contributed by atoms with Crippen molar-refractivity contribution in [3.8, 4) is 0 Å². The van der Waals surface area contributed by atoms with Gasteiger partial charge in [-0.15, -0.1) is 0 Å². The van der Waals surface area contributed by atoms with Crippen LogP contribution < -0.4 is 5.32 Å². The molecule has 0 aliphatic carbocycles. The number of rotatable bonds is 5. The van der Waals surface area contributed by atoms with Crippen molar-refractivity contribution < 1.29 is 4.74 Å². The van der Waals surface area contributed by atoms with Crippen LogP contribution in [0.1, 0.15) is 11.1 Å². The van der Waals surface area contributed by atoms with E-state index in [9.17, 15) is 0 Å². The number of nitrogens with one attached hydrogen (secondary N) is 1. The number of hydrogen-bond donors (Lipinski definition) is 1. The predicted molar refractivity (Wildman–Crippen MR) is 52.6 cm³/mol. The Labute approximate surface area is 79.1 Å². The van der Waals surface area contributed by atoms with Crippen LogP contribution in [-0.2, 0) is 11.3 Å². The van der Waals surface area contributed by atoms with Gasteiger partial charge in [-0.2, -0.15) is 0 Å². The lowest BCUT2D eigenvalue weighted by Crippen LogP contribution is -2.18. The minimum atomic E-state index is 0.749. The van der Waals surface area contributed by atoms with Crippen LogP contribution in [0.15, 0.2) is 18.5 Å². The summed E-state index contributed by atoms with van der Waals surface area (Å²) in [6.45, 7) is 4.54. The molecule has 0 bridgehead atoms. The first-order valence-corrected chi connectivity index (χ1v) is 4.43. The van der Waals surface area contributed by atoms with Crippen LogP contribution in [0.25, 0.3) is 0 Å². The molecule has 1 aromatic rings. The zero-order valence-electron chi connectivity index (χ0n) is 8.21. The van der Waals surface area contributed by atoms with Gasteiger partial charge in [-0.05, 0) is 18.1 Å². The number of ether oxygens (including phenoxy) is 1. The standard InChI is InChI=1S/C10H16N2O/c1-9-5-10(8-12-6-9)7-11-3-4-13-2/h5-6,8,11H,3-4,7H2,1-2H3. The van der Waals surface area contributed by atoms with Crippen molar-refractivity contribution in [2.75, 3.05) is 20.3 Å². The monoisotopic (exact) mass is 180 g/mol. The number of pyridine rings is 1. The van der Waals surface area contributed by atoms with Crippen LogP contribution in [-0.4, -0.2) is 25.2 Å². The van der Waals surface area contributed by atoms with Crippen LogP contribution in [0, 0.1) is 6.92 Å². The van der Waals surface area contributed by atoms with E-state index in [4.69, 9.17) is 4.74 Å². The molecule has 0 radical (unpaired) electrons. The Morgan fingerprint density at radius 3 is 3.00 bits per heavy atom. The minimum Gasteiger partial charge on any atom is -0.383 e. The highest BCUT2D eigenvalue weighted by atomic mass is 16.5. The van der Waals surface area contributed by atoms with Crippen molar-refractivity contribution in [1.82, 2.24) is 10.3 Å². The average Bonchev–Trinajstić information content (AvgIpc) is 2.13. The van der Waals surface area contributed by atoms with Crippen LogP contribution in [0.2, 0.25) is 0 Å². The van der Waals surface area contributed by atoms with Gasteiger partial charge < -0.3 is 10.1 Å². The van der Waals surface area contributed by atoms with Gasteiger partial charge in [-0.1, -0.05) is 6.07 Å². The summed E-state index contributed by atoms with van der Waals surface area (Å²) in [6, 6.07) is 2.13. The smallest absolute Gasteiger partial charge is 0.0587 e. The van der Waals surface area contributed by atoms with Gasteiger partial charge in [0.05, 0.1) is 6.61 Å². The molecule has 1 heterocycles. The summed E-state index contributed by atoms with van der Waals surface area (Å²) in [5.41, 5.74) is 2.42. The number of hydrogen-bond acceptors (Lipinski definition) is 3. The average molecular weight is 180 g/mol. The maximum absolute atomic E-state index is 4.93. The minimum absolute atomic E-state index is 0.749. The second-order valence-electron chi connectivity index (χ2n) is 3.04. The zero-order chi connectivity index (χ0) is 9.52. The van der Waals surface area contributed by atoms with Crippen molar-refractivity contribution in [1.29, 1.82) is 0 Å². The lowest BCUT2D eigenvalue weighted by atomic mass is 10.2. The maximum atomic E-state index is 4.93. The summed E-state index contributed by atoms with van der Waals surface area (Å²) in [6.07, 6.45) is 3.74. The third kappa shape index (κ3) is 4.01. The molecule has 0 aliphatic heterocycles. The molecular weight excluding hydrogens is 164 g/mol. The van der Waals surface area contributed by atoms with E-state index in [0.29, 0.717) is 0 Å². The molecule has 13 heavy (non-hydrogen) atoms. The maximum Gasteiger partial charge on any atom is 0.0587 e. The Bertz CT molecular complexity index is 250. The molecule has 1 rings (SSSR count). The van der Waals surface area contributed by atoms with Crippen molar-refractivity contribution in [2.45, 2.75) is 13.5 Å². The van der Waals surface area contributed by atoms with Crippen molar-refractivity contribution >= 4 is 0 Å². The van der Waals surface area contributed by atoms with Crippen LogP contribution >= 0.6 is 0 Å². The molecule has 0 aliphatic rings. The second kappa shape index (κ2) is 5.67. The van der Waals surface area contributed by atoms with Gasteiger partial charge in [-0.3, -0.25) is 4.98 Å². The number of methoxy groups -OCH3 is 1. The van der Waals surface area contributed by atoms with Crippen molar-refractivity contribution in [3.63, 3.8) is 0 Å². The van der Waals surface area contributed by atoms with Crippen LogP contribution in [0.5, 0.6) is 0 Å². The van der Waals surface area contributed by atoms with Gasteiger partial charge in [0.15, 0.2) is 0 Å². The van der Waals surface area contributed by atoms with E-state index < -0.39 is 0 Å². The molecule has 1 aromatic heterocycles. The van der Waals surface area contributed by atoms with E-state index in [1.165, 1.54) is 11.1 Å². The molecule has 3 heteroatoms. The Kier molecular flexibility index (Phi) is 4.43. The van der Waals surface area contributed by atoms with Crippen LogP contribution in [0.3, 0.4) is 0 Å². The number of aryl methyl sites for hydroxylation is 1. The molecule has 0 saturated carbocycles. The van der Waals surface area contributed by atoms with E-state index in [1.54, 1.807) is 7.11 Å². The predicted octanol–water partition coefficient (Wildman–Crippen LogP) is 1.13. The van der Waals surface area contributed by atoms with Gasteiger partial charge in [0.25, 0.3) is 0 Å². The molecule has 0 saturated heterocycles. The molecule has 0 fully saturated rings. The first-order chi connectivity index (χ1) is 6.33. The SMILES string of the molecule is COCCNCc1cncc(C)c1. The molecule has 0 unspecified atom stereocenters. The molecule has 0 spiro atoms. The third-order valence-electron chi connectivity index (χ3n) is 1.74. The number of aromatic nitrogens is 1. The molecule has 0 aromatic carbocycles. The first-order valence-electron chi connectivity index (χ1n) is 4.43. The normalized spacial score (nSPS) is 10.3. The van der Waals surface area contributed by atoms with E-state index in [2.05, 4.69) is 16.4 Å². The van der Waals surface area contributed by atoms with Gasteiger partial charge in [0, 0.05) is 32.6 Å². The van der Waals surface area contributed by atoms with Gasteiger partial charge in [0.2, 0.25) is 0 Å². The lowest BCUT2D eigenvalue weighted by molar-refractivity contribution is 0.199. The lowest BCUT2D eigenvalue weighted by Gasteiger charge is -2.03. The quantitative estimate of drug-likeness (QED) is 0.690. The van der Waals surface area contributed by atoms with Crippen molar-refractivity contribution in [2.24, 2.45) is 0 Å². The topological polar surface area (TPSA) is 34.1 Å². The summed E-state index contributed by atoms with van der Waals surface area (Å²) in [7, 11) is 1.70. The van der Waals surface area contributed by atoms with Gasteiger partial charge in [-0.25, -0.2) is 0 Å². The number of nitrogens with zero attached hydrogens (tertiary/aromatic N) is 1. The second-order valence-corrected chi connectivity index (χ2v) is 3.04. The summed E-state index contributed by atoms with van der Waals surface area (Å²) < 4.78 is 4.93. The Morgan fingerprint density at radius 2 is 2.31 bits per heavy atom. The van der Waals surface area contributed by atoms with E-state index >= 15 is 0 Å². The van der Waals surface area contributed by atoms with Crippen LogP contribution in [0.4, 0.5) is 0 Å². The fourth-order valence-corrected chi connectivity index (χ4v) is 1.12. The Balaban J connectivity index is 2.28. The Hall–Kier alpha value is -0.930. The van der Waals surface area contributed by atoms with E-state index in [1.807, 2.05) is 19.3 Å². The van der Waals surface area contributed by atoms with Gasteiger partial charge in [0.1, 0.15) is 0 Å². The summed E-state index contributed by atoms with van der Waals surface area (Å²) in [5, 5.41) is 3.26. The molecule has 72 valence electrons.